The molecule has 7 nitrogen and oxygen atoms in total. The Morgan fingerprint density at radius 2 is 1.71 bits per heavy atom. The van der Waals surface area contributed by atoms with Gasteiger partial charge >= 0.3 is 12.3 Å². The number of aromatic nitrogens is 2. The molecule has 11 heteroatoms. The van der Waals surface area contributed by atoms with Crippen molar-refractivity contribution in [2.45, 2.75) is 19.1 Å². The highest BCUT2D eigenvalue weighted by Gasteiger charge is 2.27. The Hall–Kier alpha value is -4.31. The first-order valence-corrected chi connectivity index (χ1v) is 11.8. The number of anilines is 1. The molecule has 1 heterocycles. The molecule has 1 aromatic heterocycles. The monoisotopic (exact) mass is 542 g/mol. The third kappa shape index (κ3) is 7.13. The second-order valence-corrected chi connectivity index (χ2v) is 8.82. The summed E-state index contributed by atoms with van der Waals surface area (Å²) in [6.07, 6.45) is -2.54. The van der Waals surface area contributed by atoms with Crippen molar-refractivity contribution in [2.75, 3.05) is 11.9 Å². The molecular weight excluding hydrogens is 521 g/mol. The third-order valence-electron chi connectivity index (χ3n) is 5.56. The number of aliphatic carboxylic acids is 1. The van der Waals surface area contributed by atoms with Crippen molar-refractivity contribution in [3.63, 3.8) is 0 Å². The lowest BCUT2D eigenvalue weighted by atomic mass is 10.0. The van der Waals surface area contributed by atoms with Crippen molar-refractivity contribution < 1.29 is 27.9 Å². The van der Waals surface area contributed by atoms with E-state index in [1.807, 2.05) is 6.07 Å². The van der Waals surface area contributed by atoms with E-state index in [0.717, 1.165) is 11.1 Å². The topological polar surface area (TPSA) is 96.2 Å². The Bertz CT molecular complexity index is 1440. The maximum absolute atomic E-state index is 12.7. The van der Waals surface area contributed by atoms with Crippen LogP contribution in [0.5, 0.6) is 0 Å². The van der Waals surface area contributed by atoms with Crippen LogP contribution in [0.15, 0.2) is 79.0 Å². The van der Waals surface area contributed by atoms with E-state index in [-0.39, 0.29) is 24.6 Å². The quantitative estimate of drug-likeness (QED) is 0.228. The van der Waals surface area contributed by atoms with Gasteiger partial charge in [0.25, 0.3) is 5.91 Å². The van der Waals surface area contributed by atoms with Gasteiger partial charge in [0.05, 0.1) is 17.8 Å². The lowest BCUT2D eigenvalue weighted by Crippen LogP contribution is -2.25. The number of carbonyl (C=O) groups excluding carboxylic acids is 1. The fraction of sp³-hybridized carbons (Fsp3) is 0.148. The molecule has 0 unspecified atom stereocenters. The Morgan fingerprint density at radius 1 is 1.00 bits per heavy atom. The van der Waals surface area contributed by atoms with E-state index >= 15 is 0 Å². The first kappa shape index (κ1) is 26.7. The van der Waals surface area contributed by atoms with Gasteiger partial charge in [-0.2, -0.15) is 18.3 Å². The molecule has 38 heavy (non-hydrogen) atoms. The lowest BCUT2D eigenvalue weighted by molar-refractivity contribution is -0.136. The molecule has 3 N–H and O–H groups in total. The molecule has 4 rings (SSSR count). The minimum Gasteiger partial charge on any atom is -0.481 e. The summed E-state index contributed by atoms with van der Waals surface area (Å²) < 4.78 is 39.7. The van der Waals surface area contributed by atoms with Gasteiger partial charge in [0.15, 0.2) is 0 Å². The van der Waals surface area contributed by atoms with E-state index in [9.17, 15) is 22.8 Å². The van der Waals surface area contributed by atoms with Crippen LogP contribution in [0, 0.1) is 0 Å². The smallest absolute Gasteiger partial charge is 0.481 e. The van der Waals surface area contributed by atoms with Crippen LogP contribution < -0.4 is 10.6 Å². The largest absolute Gasteiger partial charge is 0.482 e. The molecule has 0 spiro atoms. The summed E-state index contributed by atoms with van der Waals surface area (Å²) in [5, 5.41) is 18.0. The van der Waals surface area contributed by atoms with Gasteiger partial charge in [0, 0.05) is 41.0 Å². The number of nitrogens with zero attached hydrogens (tertiary/aromatic N) is 2. The molecule has 4 aromatic rings. The minimum absolute atomic E-state index is 0.0253. The molecule has 0 fully saturated rings. The molecular formula is C27H22ClF3N4O3. The highest BCUT2D eigenvalue weighted by molar-refractivity contribution is 6.30. The minimum atomic E-state index is -4.54. The average Bonchev–Trinajstić information content (AvgIpc) is 3.27. The molecule has 196 valence electrons. The molecule has 3 aromatic carbocycles. The molecule has 0 bridgehead atoms. The zero-order valence-corrected chi connectivity index (χ0v) is 20.6. The number of rotatable bonds is 9. The summed E-state index contributed by atoms with van der Waals surface area (Å²) in [5.41, 5.74) is 3.93. The molecule has 0 aliphatic heterocycles. The molecule has 0 radical (unpaired) electrons. The number of nitrogens with one attached hydrogen (secondary N) is 2. The van der Waals surface area contributed by atoms with Gasteiger partial charge in [-0.05, 0) is 53.6 Å². The number of carbonyl (C=O) groups is 2. The second-order valence-electron chi connectivity index (χ2n) is 8.39. The summed E-state index contributed by atoms with van der Waals surface area (Å²) >= 11 is 6.14. The number of halogens is 4. The van der Waals surface area contributed by atoms with Crippen LogP contribution in [0.1, 0.15) is 28.0 Å². The van der Waals surface area contributed by atoms with Crippen LogP contribution in [0.3, 0.4) is 0 Å². The van der Waals surface area contributed by atoms with Crippen LogP contribution in [-0.4, -0.2) is 39.6 Å². The number of amides is 1. The number of hydrogen-bond donors (Lipinski definition) is 3. The molecule has 0 atom stereocenters. The average molecular weight is 543 g/mol. The Kier molecular flexibility index (Phi) is 8.02. The van der Waals surface area contributed by atoms with Crippen molar-refractivity contribution in [3.05, 3.63) is 101 Å². The van der Waals surface area contributed by atoms with Crippen LogP contribution >= 0.6 is 11.6 Å². The number of hydrogen-bond acceptors (Lipinski definition) is 4. The SMILES string of the molecule is O=C(O)CCNC(=O)c1ccc(Cc2nn(-c3cccc(Cl)c3)cc2-c2ccc(NC(F)(F)F)cc2)cc1. The molecule has 0 saturated heterocycles. The molecule has 1 amide bonds. The van der Waals surface area contributed by atoms with E-state index in [2.05, 4.69) is 5.32 Å². The molecule has 0 saturated carbocycles. The van der Waals surface area contributed by atoms with Crippen molar-refractivity contribution >= 4 is 29.2 Å². The van der Waals surface area contributed by atoms with Gasteiger partial charge in [-0.15, -0.1) is 0 Å². The fourth-order valence-corrected chi connectivity index (χ4v) is 3.97. The van der Waals surface area contributed by atoms with Gasteiger partial charge in [0.2, 0.25) is 0 Å². The van der Waals surface area contributed by atoms with Crippen LogP contribution in [0.4, 0.5) is 18.9 Å². The van der Waals surface area contributed by atoms with Crippen LogP contribution in [-0.2, 0) is 11.2 Å². The summed E-state index contributed by atoms with van der Waals surface area (Å²) in [6, 6.07) is 19.8. The molecule has 0 aliphatic carbocycles. The summed E-state index contributed by atoms with van der Waals surface area (Å²) in [7, 11) is 0. The summed E-state index contributed by atoms with van der Waals surface area (Å²) in [5.74, 6) is -1.38. The van der Waals surface area contributed by atoms with Gasteiger partial charge < -0.3 is 10.4 Å². The zero-order chi connectivity index (χ0) is 27.3. The van der Waals surface area contributed by atoms with Gasteiger partial charge in [-0.1, -0.05) is 41.9 Å². The maximum atomic E-state index is 12.7. The van der Waals surface area contributed by atoms with Gasteiger partial charge in [0.1, 0.15) is 0 Å². The Balaban J connectivity index is 1.60. The number of carboxylic acid groups (broad SMARTS) is 1. The standard InChI is InChI=1S/C27H22ClF3N4O3/c28-20-2-1-3-22(15-20)35-16-23(18-8-10-21(11-9-18)33-27(29,30)31)24(34-35)14-17-4-6-19(7-5-17)26(38)32-13-12-25(36)37/h1-11,15-16,33H,12-14H2,(H,32,38)(H,36,37). The van der Waals surface area contributed by atoms with Crippen LogP contribution in [0.25, 0.3) is 16.8 Å². The lowest BCUT2D eigenvalue weighted by Gasteiger charge is -2.10. The van der Waals surface area contributed by atoms with E-state index in [4.69, 9.17) is 21.8 Å². The van der Waals surface area contributed by atoms with Crippen LogP contribution in [0.2, 0.25) is 5.02 Å². The van der Waals surface area contributed by atoms with Crippen molar-refractivity contribution in [1.82, 2.24) is 15.1 Å². The number of carboxylic acids is 1. The summed E-state index contributed by atoms with van der Waals surface area (Å²) in [4.78, 5) is 22.9. The third-order valence-corrected chi connectivity index (χ3v) is 5.79. The zero-order valence-electron chi connectivity index (χ0n) is 19.8. The maximum Gasteiger partial charge on any atom is 0.482 e. The Labute approximate surface area is 220 Å². The predicted octanol–water partition coefficient (Wildman–Crippen LogP) is 5.92. The first-order chi connectivity index (χ1) is 18.1. The first-order valence-electron chi connectivity index (χ1n) is 11.5. The van der Waals surface area contributed by atoms with Gasteiger partial charge in [-0.3, -0.25) is 14.9 Å². The fourth-order valence-electron chi connectivity index (χ4n) is 3.78. The Morgan fingerprint density at radius 3 is 2.34 bits per heavy atom. The highest BCUT2D eigenvalue weighted by Crippen LogP contribution is 2.29. The van der Waals surface area contributed by atoms with E-state index in [1.54, 1.807) is 65.5 Å². The van der Waals surface area contributed by atoms with Gasteiger partial charge in [-0.25, -0.2) is 4.68 Å². The van der Waals surface area contributed by atoms with E-state index in [1.165, 1.54) is 17.4 Å². The normalized spacial score (nSPS) is 11.3. The van der Waals surface area contributed by atoms with Crippen molar-refractivity contribution in [3.8, 4) is 16.8 Å². The molecule has 0 aliphatic rings. The van der Waals surface area contributed by atoms with E-state index < -0.39 is 12.3 Å². The second kappa shape index (κ2) is 11.4. The number of alkyl halides is 3. The predicted molar refractivity (Wildman–Crippen MR) is 138 cm³/mol. The number of benzene rings is 3. The van der Waals surface area contributed by atoms with Crippen molar-refractivity contribution in [1.29, 1.82) is 0 Å². The highest BCUT2D eigenvalue weighted by atomic mass is 35.5. The van der Waals surface area contributed by atoms with Crippen molar-refractivity contribution in [2.24, 2.45) is 0 Å². The van der Waals surface area contributed by atoms with E-state index in [0.29, 0.717) is 34.0 Å². The summed E-state index contributed by atoms with van der Waals surface area (Å²) in [6.45, 7) is 0.0253.